The highest BCUT2D eigenvalue weighted by atomic mass is 16.4. The molecule has 1 atom stereocenters. The van der Waals surface area contributed by atoms with Gasteiger partial charge in [0.25, 0.3) is 0 Å². The van der Waals surface area contributed by atoms with Crippen LogP contribution < -0.4 is 16.4 Å². The van der Waals surface area contributed by atoms with Crippen molar-refractivity contribution in [2.24, 2.45) is 5.73 Å². The SMILES string of the molecule is Nc1ccc2c(c1)CCC(=O)N2CC(N)CC(=O)O. The van der Waals surface area contributed by atoms with E-state index in [1.807, 2.05) is 6.07 Å². The minimum Gasteiger partial charge on any atom is -0.481 e. The number of carbonyl (C=O) groups excluding carboxylic acids is 1. The second-order valence-corrected chi connectivity index (χ2v) is 4.75. The lowest BCUT2D eigenvalue weighted by Crippen LogP contribution is -2.44. The molecular formula is C13H17N3O3. The van der Waals surface area contributed by atoms with Crippen molar-refractivity contribution in [1.29, 1.82) is 0 Å². The Morgan fingerprint density at radius 3 is 2.84 bits per heavy atom. The van der Waals surface area contributed by atoms with E-state index in [1.54, 1.807) is 17.0 Å². The van der Waals surface area contributed by atoms with Crippen molar-refractivity contribution in [3.05, 3.63) is 23.8 Å². The molecule has 0 aromatic heterocycles. The molecule has 1 heterocycles. The maximum absolute atomic E-state index is 12.0. The van der Waals surface area contributed by atoms with Crippen LogP contribution in [0, 0.1) is 0 Å². The van der Waals surface area contributed by atoms with Gasteiger partial charge >= 0.3 is 5.97 Å². The van der Waals surface area contributed by atoms with Crippen molar-refractivity contribution < 1.29 is 14.7 Å². The highest BCUT2D eigenvalue weighted by Gasteiger charge is 2.26. The van der Waals surface area contributed by atoms with E-state index in [4.69, 9.17) is 16.6 Å². The van der Waals surface area contributed by atoms with E-state index in [0.717, 1.165) is 11.3 Å². The van der Waals surface area contributed by atoms with Crippen LogP contribution in [0.2, 0.25) is 0 Å². The van der Waals surface area contributed by atoms with E-state index < -0.39 is 12.0 Å². The van der Waals surface area contributed by atoms with E-state index in [1.165, 1.54) is 0 Å². The number of aryl methyl sites for hydroxylation is 1. The molecule has 2 rings (SSSR count). The van der Waals surface area contributed by atoms with Crippen LogP contribution >= 0.6 is 0 Å². The number of hydrogen-bond donors (Lipinski definition) is 3. The van der Waals surface area contributed by atoms with Gasteiger partial charge < -0.3 is 21.5 Å². The number of aliphatic carboxylic acids is 1. The van der Waals surface area contributed by atoms with Gasteiger partial charge in [-0.3, -0.25) is 9.59 Å². The molecule has 102 valence electrons. The summed E-state index contributed by atoms with van der Waals surface area (Å²) >= 11 is 0. The highest BCUT2D eigenvalue weighted by molar-refractivity contribution is 5.96. The zero-order valence-corrected chi connectivity index (χ0v) is 10.5. The molecule has 1 aromatic carbocycles. The van der Waals surface area contributed by atoms with Gasteiger partial charge in [0.2, 0.25) is 5.91 Å². The molecule has 6 nitrogen and oxygen atoms in total. The van der Waals surface area contributed by atoms with Gasteiger partial charge in [0.05, 0.1) is 6.42 Å². The molecule has 0 fully saturated rings. The molecule has 6 heteroatoms. The zero-order chi connectivity index (χ0) is 14.0. The highest BCUT2D eigenvalue weighted by Crippen LogP contribution is 2.29. The lowest BCUT2D eigenvalue weighted by molar-refractivity contribution is -0.137. The standard InChI is InChI=1S/C13H17N3O3/c14-9-2-3-11-8(5-9)1-4-12(17)16(11)7-10(15)6-13(18)19/h2-3,5,10H,1,4,6-7,14-15H2,(H,18,19). The number of amides is 1. The number of nitrogens with two attached hydrogens (primary N) is 2. The van der Waals surface area contributed by atoms with Gasteiger partial charge in [0, 0.05) is 30.4 Å². The molecule has 0 radical (unpaired) electrons. The quantitative estimate of drug-likeness (QED) is 0.679. The second kappa shape index (κ2) is 5.27. The van der Waals surface area contributed by atoms with Crippen LogP contribution in [0.4, 0.5) is 11.4 Å². The topological polar surface area (TPSA) is 110 Å². The number of carboxylic acid groups (broad SMARTS) is 1. The Morgan fingerprint density at radius 2 is 2.16 bits per heavy atom. The van der Waals surface area contributed by atoms with E-state index in [9.17, 15) is 9.59 Å². The Balaban J connectivity index is 2.20. The van der Waals surface area contributed by atoms with E-state index in [0.29, 0.717) is 18.5 Å². The summed E-state index contributed by atoms with van der Waals surface area (Å²) < 4.78 is 0. The fraction of sp³-hybridized carbons (Fsp3) is 0.385. The zero-order valence-electron chi connectivity index (χ0n) is 10.5. The molecule has 1 aliphatic rings. The monoisotopic (exact) mass is 263 g/mol. The number of nitrogen functional groups attached to an aromatic ring is 1. The van der Waals surface area contributed by atoms with Gasteiger partial charge in [-0.25, -0.2) is 0 Å². The molecule has 0 bridgehead atoms. The van der Waals surface area contributed by atoms with Crippen LogP contribution in [0.1, 0.15) is 18.4 Å². The number of nitrogens with zero attached hydrogens (tertiary/aromatic N) is 1. The maximum atomic E-state index is 12.0. The molecule has 1 aliphatic heterocycles. The number of benzene rings is 1. The number of fused-ring (bicyclic) bond motifs is 1. The second-order valence-electron chi connectivity index (χ2n) is 4.75. The van der Waals surface area contributed by atoms with Gasteiger partial charge in [0.1, 0.15) is 0 Å². The third-order valence-electron chi connectivity index (χ3n) is 3.16. The van der Waals surface area contributed by atoms with Gasteiger partial charge in [-0.2, -0.15) is 0 Å². The first kappa shape index (κ1) is 13.4. The van der Waals surface area contributed by atoms with Crippen LogP contribution in [0.25, 0.3) is 0 Å². The van der Waals surface area contributed by atoms with Gasteiger partial charge in [0.15, 0.2) is 0 Å². The largest absolute Gasteiger partial charge is 0.481 e. The number of rotatable bonds is 4. The Hall–Kier alpha value is -2.08. The fourth-order valence-corrected chi connectivity index (χ4v) is 2.30. The average Bonchev–Trinajstić information content (AvgIpc) is 2.32. The Kier molecular flexibility index (Phi) is 3.71. The predicted octanol–water partition coefficient (Wildman–Crippen LogP) is 0.350. The molecule has 1 aromatic rings. The smallest absolute Gasteiger partial charge is 0.304 e. The number of hydrogen-bond acceptors (Lipinski definition) is 4. The summed E-state index contributed by atoms with van der Waals surface area (Å²) in [7, 11) is 0. The molecular weight excluding hydrogens is 246 g/mol. The van der Waals surface area contributed by atoms with E-state index in [2.05, 4.69) is 0 Å². The fourth-order valence-electron chi connectivity index (χ4n) is 2.30. The van der Waals surface area contributed by atoms with E-state index in [-0.39, 0.29) is 18.9 Å². The Bertz CT molecular complexity index is 516. The number of carbonyl (C=O) groups is 2. The minimum absolute atomic E-state index is 0.0295. The van der Waals surface area contributed by atoms with Crippen LogP contribution in [-0.4, -0.2) is 29.6 Å². The third-order valence-corrected chi connectivity index (χ3v) is 3.16. The molecule has 1 unspecified atom stereocenters. The summed E-state index contributed by atoms with van der Waals surface area (Å²) in [5.74, 6) is -0.993. The lowest BCUT2D eigenvalue weighted by Gasteiger charge is -2.31. The van der Waals surface area contributed by atoms with Crippen LogP contribution in [0.5, 0.6) is 0 Å². The first-order chi connectivity index (χ1) is 8.97. The normalized spacial score (nSPS) is 16.1. The van der Waals surface area contributed by atoms with Crippen molar-refractivity contribution in [2.75, 3.05) is 17.2 Å². The summed E-state index contributed by atoms with van der Waals surface area (Å²) in [5.41, 5.74) is 13.9. The molecule has 0 saturated heterocycles. The van der Waals surface area contributed by atoms with Crippen molar-refractivity contribution in [1.82, 2.24) is 0 Å². The first-order valence-electron chi connectivity index (χ1n) is 6.13. The average molecular weight is 263 g/mol. The molecule has 0 aliphatic carbocycles. The summed E-state index contributed by atoms with van der Waals surface area (Å²) in [6.07, 6.45) is 0.897. The summed E-state index contributed by atoms with van der Waals surface area (Å²) in [4.78, 5) is 24.1. The number of anilines is 2. The Morgan fingerprint density at radius 1 is 1.42 bits per heavy atom. The van der Waals surface area contributed by atoms with Crippen LogP contribution in [0.3, 0.4) is 0 Å². The lowest BCUT2D eigenvalue weighted by atomic mass is 9.99. The van der Waals surface area contributed by atoms with Crippen molar-refractivity contribution in [3.8, 4) is 0 Å². The summed E-state index contributed by atoms with van der Waals surface area (Å²) in [6.45, 7) is 0.210. The molecule has 0 saturated carbocycles. The van der Waals surface area contributed by atoms with Gasteiger partial charge in [-0.05, 0) is 30.2 Å². The van der Waals surface area contributed by atoms with Crippen LogP contribution in [-0.2, 0) is 16.0 Å². The van der Waals surface area contributed by atoms with Gasteiger partial charge in [-0.15, -0.1) is 0 Å². The first-order valence-corrected chi connectivity index (χ1v) is 6.13. The summed E-state index contributed by atoms with van der Waals surface area (Å²) in [5, 5.41) is 8.71. The molecule has 5 N–H and O–H groups in total. The predicted molar refractivity (Wildman–Crippen MR) is 71.8 cm³/mol. The van der Waals surface area contributed by atoms with Crippen molar-refractivity contribution in [3.63, 3.8) is 0 Å². The van der Waals surface area contributed by atoms with Crippen LogP contribution in [0.15, 0.2) is 18.2 Å². The molecule has 19 heavy (non-hydrogen) atoms. The van der Waals surface area contributed by atoms with E-state index >= 15 is 0 Å². The van der Waals surface area contributed by atoms with Gasteiger partial charge in [-0.1, -0.05) is 0 Å². The minimum atomic E-state index is -0.963. The maximum Gasteiger partial charge on any atom is 0.304 e. The third kappa shape index (κ3) is 3.03. The van der Waals surface area contributed by atoms with Crippen molar-refractivity contribution in [2.45, 2.75) is 25.3 Å². The Labute approximate surface area is 111 Å². The number of carboxylic acids is 1. The summed E-state index contributed by atoms with van der Waals surface area (Å²) in [6, 6.07) is 4.78. The molecule has 1 amide bonds. The van der Waals surface area contributed by atoms with Crippen molar-refractivity contribution >= 4 is 23.3 Å². The molecule has 0 spiro atoms.